The molecule has 1 aromatic carbocycles. The number of rotatable bonds is 17. The standard InChI is InChI=1S/C34H47N3O7/c1-5-7-16-27(39)35-22-26(24-14-10-8-11-15-24)43-33(42)28-25-17-18-34(44-25)29(28)31(40)37(20-12-9-13-21-38)30(34)32(41)36(19-6-2)23(3)4/h5-6,8,10-11,14-15,23,25-26,28-30,38H,1-2,7,9,12-13,16-22H2,3-4H3,(H,35,39)/t25-,26-,28+,29+,30-,34+/m0/s1. The number of fused-ring (bicyclic) bond motifs is 1. The highest BCUT2D eigenvalue weighted by molar-refractivity contribution is 5.98. The molecule has 3 aliphatic heterocycles. The molecule has 4 rings (SSSR count). The van der Waals surface area contributed by atoms with Crippen LogP contribution in [0.1, 0.15) is 70.5 Å². The van der Waals surface area contributed by atoms with Gasteiger partial charge in [-0.25, -0.2) is 0 Å². The van der Waals surface area contributed by atoms with E-state index in [1.165, 1.54) is 0 Å². The third-order valence-corrected chi connectivity index (χ3v) is 9.09. The van der Waals surface area contributed by atoms with E-state index in [-0.39, 0.29) is 43.3 Å². The van der Waals surface area contributed by atoms with Crippen LogP contribution in [-0.2, 0) is 28.7 Å². The highest BCUT2D eigenvalue weighted by atomic mass is 16.6. The maximum absolute atomic E-state index is 14.2. The number of allylic oxidation sites excluding steroid dienone is 1. The summed E-state index contributed by atoms with van der Waals surface area (Å²) in [5, 5.41) is 12.1. The highest BCUT2D eigenvalue weighted by Gasteiger charge is 2.75. The van der Waals surface area contributed by atoms with Crippen molar-refractivity contribution in [1.29, 1.82) is 0 Å². The van der Waals surface area contributed by atoms with Gasteiger partial charge in [0.05, 0.1) is 24.5 Å². The molecule has 3 saturated heterocycles. The minimum absolute atomic E-state index is 0.0549. The number of carbonyl (C=O) groups is 4. The van der Waals surface area contributed by atoms with E-state index in [1.54, 1.807) is 22.0 Å². The zero-order valence-electron chi connectivity index (χ0n) is 26.0. The predicted molar refractivity (Wildman–Crippen MR) is 165 cm³/mol. The molecule has 0 unspecified atom stereocenters. The van der Waals surface area contributed by atoms with E-state index in [4.69, 9.17) is 9.47 Å². The van der Waals surface area contributed by atoms with Gasteiger partial charge in [-0.15, -0.1) is 13.2 Å². The minimum Gasteiger partial charge on any atom is -0.455 e. The summed E-state index contributed by atoms with van der Waals surface area (Å²) in [4.78, 5) is 58.1. The second-order valence-corrected chi connectivity index (χ2v) is 12.2. The molecule has 1 aromatic rings. The molecule has 44 heavy (non-hydrogen) atoms. The van der Waals surface area contributed by atoms with Gasteiger partial charge in [0.2, 0.25) is 17.7 Å². The topological polar surface area (TPSA) is 125 Å². The third kappa shape index (κ3) is 6.76. The maximum atomic E-state index is 14.2. The van der Waals surface area contributed by atoms with E-state index < -0.39 is 41.7 Å². The number of hydrogen-bond acceptors (Lipinski definition) is 7. The van der Waals surface area contributed by atoms with Crippen molar-refractivity contribution in [1.82, 2.24) is 15.1 Å². The van der Waals surface area contributed by atoms with Crippen molar-refractivity contribution in [2.75, 3.05) is 26.2 Å². The van der Waals surface area contributed by atoms with E-state index >= 15 is 0 Å². The van der Waals surface area contributed by atoms with Crippen LogP contribution < -0.4 is 5.32 Å². The van der Waals surface area contributed by atoms with Crippen molar-refractivity contribution in [2.24, 2.45) is 11.8 Å². The molecular formula is C34H47N3O7. The summed E-state index contributed by atoms with van der Waals surface area (Å²) in [5.41, 5.74) is -0.411. The molecule has 0 saturated carbocycles. The van der Waals surface area contributed by atoms with Gasteiger partial charge in [0.25, 0.3) is 0 Å². The molecule has 2 N–H and O–H groups in total. The Labute approximate surface area is 260 Å². The minimum atomic E-state index is -1.13. The molecule has 10 nitrogen and oxygen atoms in total. The van der Waals surface area contributed by atoms with Crippen molar-refractivity contribution in [3.63, 3.8) is 0 Å². The van der Waals surface area contributed by atoms with E-state index in [1.807, 2.05) is 44.2 Å². The molecule has 10 heteroatoms. The van der Waals surface area contributed by atoms with Crippen LogP contribution in [0.3, 0.4) is 0 Å². The number of likely N-dealkylation sites (tertiary alicyclic amines) is 1. The Morgan fingerprint density at radius 1 is 1.18 bits per heavy atom. The molecule has 6 atom stereocenters. The Bertz CT molecular complexity index is 1200. The van der Waals surface area contributed by atoms with Crippen molar-refractivity contribution < 1.29 is 33.8 Å². The van der Waals surface area contributed by atoms with Crippen molar-refractivity contribution in [2.45, 2.75) is 88.7 Å². The Morgan fingerprint density at radius 2 is 1.93 bits per heavy atom. The fourth-order valence-electron chi connectivity index (χ4n) is 7.01. The number of amides is 3. The fraction of sp³-hybridized carbons (Fsp3) is 0.588. The van der Waals surface area contributed by atoms with Gasteiger partial charge in [-0.05, 0) is 57.9 Å². The van der Waals surface area contributed by atoms with Crippen LogP contribution in [0.15, 0.2) is 55.6 Å². The van der Waals surface area contributed by atoms with Crippen LogP contribution in [0.4, 0.5) is 0 Å². The summed E-state index contributed by atoms with van der Waals surface area (Å²) in [7, 11) is 0. The average Bonchev–Trinajstić information content (AvgIpc) is 3.66. The number of hydrogen-bond donors (Lipinski definition) is 2. The summed E-state index contributed by atoms with van der Waals surface area (Å²) in [6.07, 6.45) is 5.77. The monoisotopic (exact) mass is 609 g/mol. The molecule has 0 aliphatic carbocycles. The van der Waals surface area contributed by atoms with E-state index in [9.17, 15) is 24.3 Å². The molecule has 3 amide bonds. The van der Waals surface area contributed by atoms with E-state index in [0.717, 1.165) is 5.56 Å². The summed E-state index contributed by atoms with van der Waals surface area (Å²) in [5.74, 6) is -2.95. The number of benzene rings is 1. The normalized spacial score (nSPS) is 25.9. The molecule has 3 heterocycles. The number of carbonyl (C=O) groups excluding carboxylic acids is 4. The van der Waals surface area contributed by atoms with Gasteiger partial charge in [0.15, 0.2) is 0 Å². The van der Waals surface area contributed by atoms with E-state index in [0.29, 0.717) is 51.6 Å². The zero-order chi connectivity index (χ0) is 31.9. The lowest BCUT2D eigenvalue weighted by molar-refractivity contribution is -0.160. The lowest BCUT2D eigenvalue weighted by Crippen LogP contribution is -2.57. The zero-order valence-corrected chi connectivity index (χ0v) is 26.0. The van der Waals surface area contributed by atoms with Gasteiger partial charge < -0.3 is 29.7 Å². The third-order valence-electron chi connectivity index (χ3n) is 9.09. The van der Waals surface area contributed by atoms with Gasteiger partial charge in [-0.1, -0.05) is 42.5 Å². The van der Waals surface area contributed by atoms with Gasteiger partial charge >= 0.3 is 5.97 Å². The lowest BCUT2D eigenvalue weighted by atomic mass is 9.70. The fourth-order valence-corrected chi connectivity index (χ4v) is 7.01. The summed E-state index contributed by atoms with van der Waals surface area (Å²) < 4.78 is 12.7. The lowest BCUT2D eigenvalue weighted by Gasteiger charge is -2.38. The number of unbranched alkanes of at least 4 members (excludes halogenated alkanes) is 2. The first-order chi connectivity index (χ1) is 21.2. The van der Waals surface area contributed by atoms with Crippen LogP contribution in [0.5, 0.6) is 0 Å². The SMILES string of the molecule is C=CCCC(=O)NC[C@H](OC(=O)[C@@H]1[C@@H]2CC[C@]3(O2)[C@H](C(=O)N(CC=C)C(C)C)N(CCCCCO)C(=O)[C@@H]13)c1ccccc1. The molecule has 240 valence electrons. The molecule has 3 fully saturated rings. The van der Waals surface area contributed by atoms with Gasteiger partial charge in [-0.3, -0.25) is 19.2 Å². The summed E-state index contributed by atoms with van der Waals surface area (Å²) >= 11 is 0. The Balaban J connectivity index is 1.61. The van der Waals surface area contributed by atoms with E-state index in [2.05, 4.69) is 18.5 Å². The van der Waals surface area contributed by atoms with Gasteiger partial charge in [0, 0.05) is 32.2 Å². The Morgan fingerprint density at radius 3 is 2.59 bits per heavy atom. The number of aliphatic hydroxyl groups is 1. The van der Waals surface area contributed by atoms with Crippen molar-refractivity contribution >= 4 is 23.7 Å². The molecule has 0 aromatic heterocycles. The van der Waals surface area contributed by atoms with Crippen LogP contribution in [0.25, 0.3) is 0 Å². The smallest absolute Gasteiger partial charge is 0.313 e. The van der Waals surface area contributed by atoms with Gasteiger partial charge in [-0.2, -0.15) is 0 Å². The first-order valence-electron chi connectivity index (χ1n) is 15.8. The van der Waals surface area contributed by atoms with Crippen LogP contribution in [-0.4, -0.2) is 88.6 Å². The molecule has 0 radical (unpaired) electrons. The van der Waals surface area contributed by atoms with Gasteiger partial charge in [0.1, 0.15) is 17.7 Å². The Kier molecular flexibility index (Phi) is 11.4. The van der Waals surface area contributed by atoms with Crippen molar-refractivity contribution in [3.05, 3.63) is 61.2 Å². The van der Waals surface area contributed by atoms with Crippen molar-refractivity contribution in [3.8, 4) is 0 Å². The second-order valence-electron chi connectivity index (χ2n) is 12.2. The molecular weight excluding hydrogens is 562 g/mol. The summed E-state index contributed by atoms with van der Waals surface area (Å²) in [6, 6.07) is 8.19. The number of nitrogens with one attached hydrogen (secondary N) is 1. The second kappa shape index (κ2) is 15.0. The van der Waals surface area contributed by atoms with Crippen LogP contribution in [0.2, 0.25) is 0 Å². The number of nitrogens with zero attached hydrogens (tertiary/aromatic N) is 2. The predicted octanol–water partition coefficient (Wildman–Crippen LogP) is 3.31. The largest absolute Gasteiger partial charge is 0.455 e. The summed E-state index contributed by atoms with van der Waals surface area (Å²) in [6.45, 7) is 12.1. The molecule has 2 bridgehead atoms. The molecule has 1 spiro atoms. The van der Waals surface area contributed by atoms with Crippen LogP contribution in [0, 0.1) is 11.8 Å². The first-order valence-corrected chi connectivity index (χ1v) is 15.8. The highest BCUT2D eigenvalue weighted by Crippen LogP contribution is 2.59. The maximum Gasteiger partial charge on any atom is 0.313 e. The quantitative estimate of drug-likeness (QED) is 0.158. The Hall–Kier alpha value is -3.50. The first kappa shape index (κ1) is 33.4. The van der Waals surface area contributed by atoms with Crippen LogP contribution >= 0.6 is 0 Å². The average molecular weight is 610 g/mol. The number of aliphatic hydroxyl groups excluding tert-OH is 1. The molecule has 3 aliphatic rings. The number of ether oxygens (including phenoxy) is 2. The number of esters is 1.